The lowest BCUT2D eigenvalue weighted by molar-refractivity contribution is -0.384. The van der Waals surface area contributed by atoms with E-state index in [4.69, 9.17) is 0 Å². The lowest BCUT2D eigenvalue weighted by atomic mass is 10.2. The van der Waals surface area contributed by atoms with Crippen LogP contribution in [0.1, 0.15) is 15.9 Å². The molecular weight excluding hydrogens is 284 g/mol. The third kappa shape index (κ3) is 4.34. The molecule has 0 radical (unpaired) electrons. The van der Waals surface area contributed by atoms with Gasteiger partial charge in [-0.2, -0.15) is 5.10 Å². The quantitative estimate of drug-likeness (QED) is 0.520. The van der Waals surface area contributed by atoms with Crippen LogP contribution in [0.2, 0.25) is 0 Å². The van der Waals surface area contributed by atoms with Crippen LogP contribution in [0, 0.1) is 10.1 Å². The fourth-order valence-electron chi connectivity index (χ4n) is 1.57. The predicted octanol–water partition coefficient (Wildman–Crippen LogP) is 2.42. The molecule has 1 aromatic carbocycles. The molecule has 1 N–H and O–H groups in total. The molecule has 22 heavy (non-hydrogen) atoms. The zero-order valence-electron chi connectivity index (χ0n) is 11.4. The van der Waals surface area contributed by atoms with Crippen LogP contribution in [-0.4, -0.2) is 22.0 Å². The standard InChI is InChI=1S/C15H12N4O3/c20-15(13-7-10-16-11-8-13)18-17-9-1-2-12-3-5-14(6-4-12)19(21)22/h1-11H,(H,18,20). The van der Waals surface area contributed by atoms with Gasteiger partial charge in [0.25, 0.3) is 11.6 Å². The summed E-state index contributed by atoms with van der Waals surface area (Å²) in [6.45, 7) is 0. The van der Waals surface area contributed by atoms with Crippen LogP contribution in [0.25, 0.3) is 6.08 Å². The second kappa shape index (κ2) is 7.44. The van der Waals surface area contributed by atoms with E-state index < -0.39 is 4.92 Å². The van der Waals surface area contributed by atoms with Gasteiger partial charge in [-0.25, -0.2) is 5.43 Å². The molecule has 0 spiro atoms. The summed E-state index contributed by atoms with van der Waals surface area (Å²) >= 11 is 0. The summed E-state index contributed by atoms with van der Waals surface area (Å²) in [5.74, 6) is -0.331. The minimum absolute atomic E-state index is 0.0374. The van der Waals surface area contributed by atoms with Gasteiger partial charge in [-0.15, -0.1) is 0 Å². The monoisotopic (exact) mass is 296 g/mol. The summed E-state index contributed by atoms with van der Waals surface area (Å²) < 4.78 is 0. The highest BCUT2D eigenvalue weighted by Gasteiger charge is 2.02. The van der Waals surface area contributed by atoms with Crippen molar-refractivity contribution >= 4 is 23.9 Å². The number of non-ortho nitro benzene ring substituents is 1. The fraction of sp³-hybridized carbons (Fsp3) is 0. The van der Waals surface area contributed by atoms with Gasteiger partial charge in [-0.1, -0.05) is 6.08 Å². The van der Waals surface area contributed by atoms with Crippen molar-refractivity contribution in [2.75, 3.05) is 0 Å². The minimum Gasteiger partial charge on any atom is -0.267 e. The van der Waals surface area contributed by atoms with Gasteiger partial charge in [-0.3, -0.25) is 19.9 Å². The number of hydrazone groups is 1. The van der Waals surface area contributed by atoms with Crippen LogP contribution in [0.4, 0.5) is 5.69 Å². The minimum atomic E-state index is -0.455. The number of allylic oxidation sites excluding steroid dienone is 1. The molecule has 0 saturated carbocycles. The summed E-state index contributed by atoms with van der Waals surface area (Å²) in [6, 6.07) is 9.25. The van der Waals surface area contributed by atoms with Gasteiger partial charge in [0.2, 0.25) is 0 Å². The fourth-order valence-corrected chi connectivity index (χ4v) is 1.57. The van der Waals surface area contributed by atoms with Gasteiger partial charge < -0.3 is 0 Å². The molecule has 7 nitrogen and oxygen atoms in total. The molecule has 2 rings (SSSR count). The van der Waals surface area contributed by atoms with Gasteiger partial charge in [0, 0.05) is 36.3 Å². The van der Waals surface area contributed by atoms with Crippen LogP contribution in [-0.2, 0) is 0 Å². The number of hydrogen-bond donors (Lipinski definition) is 1. The van der Waals surface area contributed by atoms with Crippen molar-refractivity contribution in [2.45, 2.75) is 0 Å². The van der Waals surface area contributed by atoms with Crippen LogP contribution >= 0.6 is 0 Å². The number of nitro benzene ring substituents is 1. The zero-order valence-corrected chi connectivity index (χ0v) is 11.4. The number of pyridine rings is 1. The Kier molecular flexibility index (Phi) is 5.09. The summed E-state index contributed by atoms with van der Waals surface area (Å²) in [5.41, 5.74) is 3.66. The van der Waals surface area contributed by atoms with E-state index >= 15 is 0 Å². The van der Waals surface area contributed by atoms with Crippen molar-refractivity contribution in [3.63, 3.8) is 0 Å². The Labute approximate surface area is 126 Å². The van der Waals surface area contributed by atoms with E-state index in [1.807, 2.05) is 0 Å². The van der Waals surface area contributed by atoms with Crippen molar-refractivity contribution in [3.05, 3.63) is 76.1 Å². The molecule has 0 aliphatic heterocycles. The third-order valence-corrected chi connectivity index (χ3v) is 2.66. The lowest BCUT2D eigenvalue weighted by Gasteiger charge is -1.97. The third-order valence-electron chi connectivity index (χ3n) is 2.66. The molecule has 0 bridgehead atoms. The van der Waals surface area contributed by atoms with Gasteiger partial charge in [-0.05, 0) is 35.9 Å². The van der Waals surface area contributed by atoms with Crippen LogP contribution < -0.4 is 5.43 Å². The van der Waals surface area contributed by atoms with Gasteiger partial charge in [0.1, 0.15) is 0 Å². The molecule has 0 aliphatic carbocycles. The van der Waals surface area contributed by atoms with Crippen LogP contribution in [0.15, 0.2) is 60.0 Å². The van der Waals surface area contributed by atoms with E-state index in [0.717, 1.165) is 5.56 Å². The van der Waals surface area contributed by atoms with E-state index in [9.17, 15) is 14.9 Å². The average molecular weight is 296 g/mol. The smallest absolute Gasteiger partial charge is 0.267 e. The second-order valence-electron chi connectivity index (χ2n) is 4.16. The molecule has 1 amide bonds. The molecule has 0 unspecified atom stereocenters. The largest absolute Gasteiger partial charge is 0.271 e. The van der Waals surface area contributed by atoms with Crippen molar-refractivity contribution < 1.29 is 9.72 Å². The average Bonchev–Trinajstić information content (AvgIpc) is 2.55. The molecule has 0 saturated heterocycles. The SMILES string of the molecule is O=C(NN=CC=Cc1ccc([N+](=O)[O-])cc1)c1ccncc1. The Bertz CT molecular complexity index is 709. The number of nitrogens with zero attached hydrogens (tertiary/aromatic N) is 3. The number of aromatic nitrogens is 1. The number of benzene rings is 1. The Morgan fingerprint density at radius 2 is 1.86 bits per heavy atom. The van der Waals surface area contributed by atoms with Crippen molar-refractivity contribution in [1.82, 2.24) is 10.4 Å². The molecule has 0 fully saturated rings. The van der Waals surface area contributed by atoms with Crippen LogP contribution in [0.3, 0.4) is 0 Å². The molecular formula is C15H12N4O3. The maximum absolute atomic E-state index is 11.6. The van der Waals surface area contributed by atoms with Crippen molar-refractivity contribution in [3.8, 4) is 0 Å². The number of hydrogen-bond acceptors (Lipinski definition) is 5. The number of nitro groups is 1. The van der Waals surface area contributed by atoms with E-state index in [-0.39, 0.29) is 11.6 Å². The molecule has 7 heteroatoms. The summed E-state index contributed by atoms with van der Waals surface area (Å²) in [6.07, 6.45) is 7.79. The van der Waals surface area contributed by atoms with E-state index in [2.05, 4.69) is 15.5 Å². The Morgan fingerprint density at radius 1 is 1.18 bits per heavy atom. The summed E-state index contributed by atoms with van der Waals surface area (Å²) in [4.78, 5) is 25.5. The van der Waals surface area contributed by atoms with E-state index in [0.29, 0.717) is 5.56 Å². The highest BCUT2D eigenvalue weighted by molar-refractivity contribution is 5.94. The first-order valence-corrected chi connectivity index (χ1v) is 6.31. The molecule has 2 aromatic rings. The summed E-state index contributed by atoms with van der Waals surface area (Å²) in [7, 11) is 0. The summed E-state index contributed by atoms with van der Waals surface area (Å²) in [5, 5.41) is 14.3. The normalized spacial score (nSPS) is 10.9. The van der Waals surface area contributed by atoms with E-state index in [1.54, 1.807) is 36.4 Å². The molecule has 1 heterocycles. The Balaban J connectivity index is 1.87. The molecule has 110 valence electrons. The number of carbonyl (C=O) groups excluding carboxylic acids is 1. The first-order valence-electron chi connectivity index (χ1n) is 6.31. The van der Waals surface area contributed by atoms with Gasteiger partial charge in [0.05, 0.1) is 4.92 Å². The van der Waals surface area contributed by atoms with Gasteiger partial charge in [0.15, 0.2) is 0 Å². The predicted molar refractivity (Wildman–Crippen MR) is 82.3 cm³/mol. The maximum Gasteiger partial charge on any atom is 0.271 e. The van der Waals surface area contributed by atoms with Gasteiger partial charge >= 0.3 is 0 Å². The van der Waals surface area contributed by atoms with Crippen LogP contribution in [0.5, 0.6) is 0 Å². The number of amides is 1. The van der Waals surface area contributed by atoms with Crippen molar-refractivity contribution in [2.24, 2.45) is 5.10 Å². The molecule has 0 aliphatic rings. The number of nitrogens with one attached hydrogen (secondary N) is 1. The van der Waals surface area contributed by atoms with Crippen molar-refractivity contribution in [1.29, 1.82) is 0 Å². The first-order chi connectivity index (χ1) is 10.7. The lowest BCUT2D eigenvalue weighted by Crippen LogP contribution is -2.17. The molecule has 0 atom stereocenters. The second-order valence-corrected chi connectivity index (χ2v) is 4.16. The molecule has 1 aromatic heterocycles. The zero-order chi connectivity index (χ0) is 15.8. The topological polar surface area (TPSA) is 97.5 Å². The number of carbonyl (C=O) groups is 1. The first kappa shape index (κ1) is 15.0. The highest BCUT2D eigenvalue weighted by Crippen LogP contribution is 2.12. The highest BCUT2D eigenvalue weighted by atomic mass is 16.6. The number of rotatable bonds is 5. The Hall–Kier alpha value is -3.35. The maximum atomic E-state index is 11.6. The Morgan fingerprint density at radius 3 is 2.50 bits per heavy atom. The van der Waals surface area contributed by atoms with E-state index in [1.165, 1.54) is 30.7 Å².